The Hall–Kier alpha value is -2.11. The van der Waals surface area contributed by atoms with Gasteiger partial charge < -0.3 is 15.0 Å². The van der Waals surface area contributed by atoms with Crippen molar-refractivity contribution in [3.05, 3.63) is 30.1 Å². The largest absolute Gasteiger partial charge is 0.490 e. The Morgan fingerprint density at radius 3 is 2.48 bits per heavy atom. The number of carbonyl (C=O) groups is 2. The molecule has 6 heteroatoms. The fourth-order valence-corrected chi connectivity index (χ4v) is 1.98. The van der Waals surface area contributed by atoms with Crippen molar-refractivity contribution in [2.24, 2.45) is 0 Å². The summed E-state index contributed by atoms with van der Waals surface area (Å²) < 4.78 is 18.7. The summed E-state index contributed by atoms with van der Waals surface area (Å²) in [6.07, 6.45) is 0.0883. The van der Waals surface area contributed by atoms with Gasteiger partial charge in [-0.05, 0) is 39.8 Å². The molecule has 0 bridgehead atoms. The second kappa shape index (κ2) is 8.50. The van der Waals surface area contributed by atoms with Gasteiger partial charge in [0.05, 0.1) is 19.6 Å². The molecule has 1 rings (SSSR count). The zero-order valence-electron chi connectivity index (χ0n) is 14.2. The number of benzene rings is 1. The van der Waals surface area contributed by atoms with Crippen molar-refractivity contribution in [1.29, 1.82) is 0 Å². The highest BCUT2D eigenvalue weighted by Crippen LogP contribution is 2.15. The number of likely N-dealkylation sites (N-methyl/N-ethyl adjacent to an activating group) is 1. The lowest BCUT2D eigenvalue weighted by Crippen LogP contribution is -2.47. The van der Waals surface area contributed by atoms with E-state index < -0.39 is 5.82 Å². The number of halogens is 1. The Kier molecular flexibility index (Phi) is 7.00. The molecule has 23 heavy (non-hydrogen) atoms. The molecule has 0 aromatic heterocycles. The number of rotatable bonds is 7. The SMILES string of the molecule is CCN(CC(=O)NC(C)(C)C)C(=O)CCOc1ccccc1F. The fraction of sp³-hybridized carbons (Fsp3) is 0.529. The Labute approximate surface area is 136 Å². The Bertz CT molecular complexity index is 541. The third-order valence-corrected chi connectivity index (χ3v) is 2.99. The van der Waals surface area contributed by atoms with Gasteiger partial charge in [0.15, 0.2) is 11.6 Å². The third kappa shape index (κ3) is 7.13. The van der Waals surface area contributed by atoms with E-state index >= 15 is 0 Å². The van der Waals surface area contributed by atoms with Crippen LogP contribution < -0.4 is 10.1 Å². The van der Waals surface area contributed by atoms with Gasteiger partial charge in [0.25, 0.3) is 0 Å². The average molecular weight is 324 g/mol. The van der Waals surface area contributed by atoms with Crippen LogP contribution in [-0.4, -0.2) is 41.9 Å². The summed E-state index contributed by atoms with van der Waals surface area (Å²) in [4.78, 5) is 25.5. The molecular weight excluding hydrogens is 299 g/mol. The summed E-state index contributed by atoms with van der Waals surface area (Å²) >= 11 is 0. The van der Waals surface area contributed by atoms with Gasteiger partial charge in [-0.2, -0.15) is 0 Å². The van der Waals surface area contributed by atoms with Crippen LogP contribution in [0.3, 0.4) is 0 Å². The van der Waals surface area contributed by atoms with Crippen molar-refractivity contribution < 1.29 is 18.7 Å². The standard InChI is InChI=1S/C17H25FN2O3/c1-5-20(12-15(21)19-17(2,3)4)16(22)10-11-23-14-9-7-6-8-13(14)18/h6-9H,5,10-12H2,1-4H3,(H,19,21). The molecule has 2 amide bonds. The minimum atomic E-state index is -0.461. The van der Waals surface area contributed by atoms with Gasteiger partial charge in [0.1, 0.15) is 0 Å². The summed E-state index contributed by atoms with van der Waals surface area (Å²) in [6, 6.07) is 6.04. The second-order valence-corrected chi connectivity index (χ2v) is 6.23. The van der Waals surface area contributed by atoms with Crippen molar-refractivity contribution in [2.45, 2.75) is 39.7 Å². The van der Waals surface area contributed by atoms with Crippen LogP contribution in [0.25, 0.3) is 0 Å². The van der Waals surface area contributed by atoms with Crippen molar-refractivity contribution >= 4 is 11.8 Å². The highest BCUT2D eigenvalue weighted by Gasteiger charge is 2.19. The predicted molar refractivity (Wildman–Crippen MR) is 86.7 cm³/mol. The number of ether oxygens (including phenoxy) is 1. The first-order chi connectivity index (χ1) is 10.7. The molecule has 0 fully saturated rings. The molecule has 1 N–H and O–H groups in total. The van der Waals surface area contributed by atoms with E-state index in [0.717, 1.165) is 0 Å². The molecular formula is C17H25FN2O3. The lowest BCUT2D eigenvalue weighted by Gasteiger charge is -2.25. The maximum Gasteiger partial charge on any atom is 0.240 e. The first kappa shape index (κ1) is 18.9. The quantitative estimate of drug-likeness (QED) is 0.837. The van der Waals surface area contributed by atoms with E-state index in [4.69, 9.17) is 4.74 Å². The van der Waals surface area contributed by atoms with Crippen LogP contribution in [0.4, 0.5) is 4.39 Å². The van der Waals surface area contributed by atoms with E-state index in [9.17, 15) is 14.0 Å². The van der Waals surface area contributed by atoms with E-state index in [1.54, 1.807) is 19.1 Å². The average Bonchev–Trinajstić information content (AvgIpc) is 2.44. The lowest BCUT2D eigenvalue weighted by molar-refractivity contribution is -0.136. The van der Waals surface area contributed by atoms with Gasteiger partial charge in [-0.1, -0.05) is 12.1 Å². The lowest BCUT2D eigenvalue weighted by atomic mass is 10.1. The van der Waals surface area contributed by atoms with Crippen LogP contribution in [0.1, 0.15) is 34.1 Å². The molecule has 0 atom stereocenters. The van der Waals surface area contributed by atoms with E-state index in [1.165, 1.54) is 17.0 Å². The van der Waals surface area contributed by atoms with Crippen molar-refractivity contribution in [3.63, 3.8) is 0 Å². The van der Waals surface area contributed by atoms with Crippen molar-refractivity contribution in [3.8, 4) is 5.75 Å². The minimum Gasteiger partial charge on any atom is -0.490 e. The Morgan fingerprint density at radius 2 is 1.91 bits per heavy atom. The normalized spacial score (nSPS) is 11.0. The minimum absolute atomic E-state index is 0.00625. The molecule has 0 saturated heterocycles. The van der Waals surface area contributed by atoms with Crippen LogP contribution in [0, 0.1) is 5.82 Å². The molecule has 1 aromatic rings. The summed E-state index contributed by atoms with van der Waals surface area (Å²) in [6.45, 7) is 7.95. The third-order valence-electron chi connectivity index (χ3n) is 2.99. The topological polar surface area (TPSA) is 58.6 Å². The van der Waals surface area contributed by atoms with Gasteiger partial charge in [0, 0.05) is 12.1 Å². The number of amides is 2. The molecule has 0 saturated carbocycles. The van der Waals surface area contributed by atoms with E-state index in [1.807, 2.05) is 20.8 Å². The van der Waals surface area contributed by atoms with Crippen LogP contribution >= 0.6 is 0 Å². The second-order valence-electron chi connectivity index (χ2n) is 6.23. The zero-order valence-corrected chi connectivity index (χ0v) is 14.2. The smallest absolute Gasteiger partial charge is 0.240 e. The van der Waals surface area contributed by atoms with Gasteiger partial charge in [-0.25, -0.2) is 4.39 Å². The first-order valence-corrected chi connectivity index (χ1v) is 7.69. The van der Waals surface area contributed by atoms with Crippen LogP contribution in [-0.2, 0) is 9.59 Å². The molecule has 1 aromatic carbocycles. The number of hydrogen-bond donors (Lipinski definition) is 1. The molecule has 0 unspecified atom stereocenters. The van der Waals surface area contributed by atoms with Crippen LogP contribution in [0.5, 0.6) is 5.75 Å². The Balaban J connectivity index is 2.45. The molecule has 0 aliphatic rings. The highest BCUT2D eigenvalue weighted by molar-refractivity contribution is 5.85. The molecule has 5 nitrogen and oxygen atoms in total. The summed E-state index contributed by atoms with van der Waals surface area (Å²) in [5, 5.41) is 2.81. The number of para-hydroxylation sites is 1. The first-order valence-electron chi connectivity index (χ1n) is 7.69. The van der Waals surface area contributed by atoms with E-state index in [-0.39, 0.29) is 42.7 Å². The molecule has 0 spiro atoms. The van der Waals surface area contributed by atoms with Crippen LogP contribution in [0.2, 0.25) is 0 Å². The highest BCUT2D eigenvalue weighted by atomic mass is 19.1. The number of nitrogens with zero attached hydrogens (tertiary/aromatic N) is 1. The number of nitrogens with one attached hydrogen (secondary N) is 1. The number of hydrogen-bond acceptors (Lipinski definition) is 3. The molecule has 0 aliphatic heterocycles. The van der Waals surface area contributed by atoms with Crippen LogP contribution in [0.15, 0.2) is 24.3 Å². The fourth-order valence-electron chi connectivity index (χ4n) is 1.98. The number of carbonyl (C=O) groups excluding carboxylic acids is 2. The molecule has 0 radical (unpaired) electrons. The van der Waals surface area contributed by atoms with E-state index in [2.05, 4.69) is 5.32 Å². The van der Waals surface area contributed by atoms with Gasteiger partial charge in [-0.3, -0.25) is 9.59 Å². The van der Waals surface area contributed by atoms with Gasteiger partial charge in [-0.15, -0.1) is 0 Å². The van der Waals surface area contributed by atoms with Crippen molar-refractivity contribution in [1.82, 2.24) is 10.2 Å². The van der Waals surface area contributed by atoms with Crippen molar-refractivity contribution in [2.75, 3.05) is 19.7 Å². The monoisotopic (exact) mass is 324 g/mol. The zero-order chi connectivity index (χ0) is 17.5. The predicted octanol–water partition coefficient (Wildman–Crippen LogP) is 2.36. The summed E-state index contributed by atoms with van der Waals surface area (Å²) in [5.74, 6) is -0.749. The molecule has 0 heterocycles. The van der Waals surface area contributed by atoms with Gasteiger partial charge >= 0.3 is 0 Å². The maximum atomic E-state index is 13.4. The maximum absolute atomic E-state index is 13.4. The van der Waals surface area contributed by atoms with E-state index in [0.29, 0.717) is 6.54 Å². The summed E-state index contributed by atoms with van der Waals surface area (Å²) in [7, 11) is 0. The van der Waals surface area contributed by atoms with Gasteiger partial charge in [0.2, 0.25) is 11.8 Å². The summed E-state index contributed by atoms with van der Waals surface area (Å²) in [5.41, 5.74) is -0.340. The molecule has 0 aliphatic carbocycles. The Morgan fingerprint density at radius 1 is 1.26 bits per heavy atom. The molecule has 128 valence electrons.